The number of benzene rings is 2. The molecule has 0 saturated heterocycles. The molecule has 1 heterocycles. The van der Waals surface area contributed by atoms with Crippen LogP contribution in [0.15, 0.2) is 36.4 Å². The Morgan fingerprint density at radius 2 is 1.78 bits per heavy atom. The molecule has 168 valence electrons. The lowest BCUT2D eigenvalue weighted by Gasteiger charge is -2.17. The van der Waals surface area contributed by atoms with Gasteiger partial charge in [-0.3, -0.25) is 19.3 Å². The highest BCUT2D eigenvalue weighted by atomic mass is 16.5. The van der Waals surface area contributed by atoms with Crippen molar-refractivity contribution in [3.63, 3.8) is 0 Å². The second-order valence-corrected chi connectivity index (χ2v) is 8.35. The minimum atomic E-state index is -0.297. The molecule has 1 saturated carbocycles. The third kappa shape index (κ3) is 4.61. The van der Waals surface area contributed by atoms with Gasteiger partial charge in [0.25, 0.3) is 11.8 Å². The predicted octanol–water partition coefficient (Wildman–Crippen LogP) is 4.34. The van der Waals surface area contributed by atoms with Gasteiger partial charge in [0.1, 0.15) is 0 Å². The van der Waals surface area contributed by atoms with Crippen LogP contribution in [0.5, 0.6) is 11.5 Å². The number of imide groups is 1. The average Bonchev–Trinajstić information content (AvgIpc) is 3.36. The van der Waals surface area contributed by atoms with Crippen molar-refractivity contribution in [2.45, 2.75) is 51.6 Å². The Morgan fingerprint density at radius 1 is 1.03 bits per heavy atom. The van der Waals surface area contributed by atoms with Crippen molar-refractivity contribution < 1.29 is 23.9 Å². The Balaban J connectivity index is 1.31. The molecule has 0 unspecified atom stereocenters. The van der Waals surface area contributed by atoms with Gasteiger partial charge in [0.15, 0.2) is 11.5 Å². The second kappa shape index (κ2) is 9.42. The maximum atomic E-state index is 12.5. The number of nitrogens with one attached hydrogen (secondary N) is 1. The van der Waals surface area contributed by atoms with Crippen molar-refractivity contribution in [2.24, 2.45) is 0 Å². The van der Waals surface area contributed by atoms with Crippen LogP contribution >= 0.6 is 0 Å². The summed E-state index contributed by atoms with van der Waals surface area (Å²) in [5.41, 5.74) is 2.42. The maximum absolute atomic E-state index is 12.5. The molecule has 2 aliphatic rings. The summed E-state index contributed by atoms with van der Waals surface area (Å²) < 4.78 is 11.5. The number of hydrogen-bond acceptors (Lipinski definition) is 5. The topological polar surface area (TPSA) is 84.9 Å². The van der Waals surface area contributed by atoms with E-state index in [1.807, 2.05) is 13.0 Å². The lowest BCUT2D eigenvalue weighted by Crippen LogP contribution is -2.31. The van der Waals surface area contributed by atoms with Crippen molar-refractivity contribution in [1.29, 1.82) is 0 Å². The van der Waals surface area contributed by atoms with Gasteiger partial charge in [0.05, 0.1) is 24.3 Å². The van der Waals surface area contributed by atoms with Gasteiger partial charge in [0.2, 0.25) is 5.91 Å². The number of methoxy groups -OCH3 is 1. The van der Waals surface area contributed by atoms with Crippen LogP contribution in [0.1, 0.15) is 64.8 Å². The highest BCUT2D eigenvalue weighted by Crippen LogP contribution is 2.34. The molecule has 4 rings (SSSR count). The van der Waals surface area contributed by atoms with E-state index >= 15 is 0 Å². The number of aryl methyl sites for hydroxylation is 1. The molecule has 1 aliphatic carbocycles. The fourth-order valence-corrected chi connectivity index (χ4v) is 4.26. The fourth-order valence-electron chi connectivity index (χ4n) is 4.26. The molecule has 3 amide bonds. The zero-order chi connectivity index (χ0) is 22.7. The Bertz CT molecular complexity index is 1040. The van der Waals surface area contributed by atoms with Gasteiger partial charge in [-0.25, -0.2) is 0 Å². The van der Waals surface area contributed by atoms with E-state index in [0.29, 0.717) is 34.7 Å². The summed E-state index contributed by atoms with van der Waals surface area (Å²) in [7, 11) is 1.59. The number of carbonyl (C=O) groups is 3. The highest BCUT2D eigenvalue weighted by molar-refractivity contribution is 6.21. The molecule has 0 atom stereocenters. The molecule has 7 nitrogen and oxygen atoms in total. The third-order valence-electron chi connectivity index (χ3n) is 5.95. The predicted molar refractivity (Wildman–Crippen MR) is 120 cm³/mol. The maximum Gasteiger partial charge on any atom is 0.261 e. The molecular formula is C25H28N2O5. The number of carbonyl (C=O) groups excluding carboxylic acids is 3. The Morgan fingerprint density at radius 3 is 2.53 bits per heavy atom. The normalized spacial score (nSPS) is 15.8. The molecule has 32 heavy (non-hydrogen) atoms. The lowest BCUT2D eigenvalue weighted by molar-refractivity contribution is -0.116. The van der Waals surface area contributed by atoms with Gasteiger partial charge in [-0.05, 0) is 63.3 Å². The molecule has 0 bridgehead atoms. The highest BCUT2D eigenvalue weighted by Gasteiger charge is 2.35. The Hall–Kier alpha value is -3.35. The molecule has 2 aromatic carbocycles. The lowest BCUT2D eigenvalue weighted by atomic mass is 10.1. The molecule has 0 spiro atoms. The summed E-state index contributed by atoms with van der Waals surface area (Å²) in [6.45, 7) is 2.09. The van der Waals surface area contributed by atoms with Crippen molar-refractivity contribution >= 4 is 23.4 Å². The van der Waals surface area contributed by atoms with E-state index in [-0.39, 0.29) is 36.8 Å². The van der Waals surface area contributed by atoms with Crippen LogP contribution in [0, 0.1) is 6.92 Å². The second-order valence-electron chi connectivity index (χ2n) is 8.35. The Kier molecular flexibility index (Phi) is 6.44. The van der Waals surface area contributed by atoms with Gasteiger partial charge < -0.3 is 14.8 Å². The standard InChI is InChI=1S/C25H28N2O5/c1-16-9-11-19-20(14-16)25(30)27(24(19)29)13-5-8-23(28)26-17-10-12-21(31-2)22(15-17)32-18-6-3-4-7-18/h9-12,14-15,18H,3-8,13H2,1-2H3,(H,26,28). The van der Waals surface area contributed by atoms with Crippen molar-refractivity contribution in [1.82, 2.24) is 4.90 Å². The van der Waals surface area contributed by atoms with Crippen LogP contribution < -0.4 is 14.8 Å². The van der Waals surface area contributed by atoms with Crippen LogP contribution in [0.3, 0.4) is 0 Å². The van der Waals surface area contributed by atoms with Crippen LogP contribution in [-0.4, -0.2) is 42.4 Å². The third-order valence-corrected chi connectivity index (χ3v) is 5.95. The largest absolute Gasteiger partial charge is 0.493 e. The number of nitrogens with zero attached hydrogens (tertiary/aromatic N) is 1. The fraction of sp³-hybridized carbons (Fsp3) is 0.400. The zero-order valence-electron chi connectivity index (χ0n) is 18.5. The van der Waals surface area contributed by atoms with E-state index in [1.165, 1.54) is 4.90 Å². The van der Waals surface area contributed by atoms with Gasteiger partial charge in [-0.15, -0.1) is 0 Å². The molecule has 0 aromatic heterocycles. The molecule has 7 heteroatoms. The quantitative estimate of drug-likeness (QED) is 0.622. The van der Waals surface area contributed by atoms with Crippen LogP contribution in [0.25, 0.3) is 0 Å². The molecule has 1 aliphatic heterocycles. The summed E-state index contributed by atoms with van der Waals surface area (Å²) in [5, 5.41) is 2.87. The van der Waals surface area contributed by atoms with Gasteiger partial charge in [-0.2, -0.15) is 0 Å². The number of ether oxygens (including phenoxy) is 2. The minimum Gasteiger partial charge on any atom is -0.493 e. The average molecular weight is 437 g/mol. The number of hydrogen-bond donors (Lipinski definition) is 1. The van der Waals surface area contributed by atoms with Gasteiger partial charge in [0, 0.05) is 24.7 Å². The number of rotatable bonds is 8. The molecule has 0 radical (unpaired) electrons. The smallest absolute Gasteiger partial charge is 0.261 e. The van der Waals surface area contributed by atoms with Crippen LogP contribution in [0.4, 0.5) is 5.69 Å². The Labute approximate surface area is 187 Å². The summed E-state index contributed by atoms with van der Waals surface area (Å²) in [5.74, 6) is 0.482. The van der Waals surface area contributed by atoms with Gasteiger partial charge >= 0.3 is 0 Å². The minimum absolute atomic E-state index is 0.179. The monoisotopic (exact) mass is 436 g/mol. The molecule has 1 fully saturated rings. The van der Waals surface area contributed by atoms with E-state index in [9.17, 15) is 14.4 Å². The van der Waals surface area contributed by atoms with E-state index in [1.54, 1.807) is 37.4 Å². The summed E-state index contributed by atoms with van der Waals surface area (Å²) >= 11 is 0. The number of fused-ring (bicyclic) bond motifs is 1. The van der Waals surface area contributed by atoms with E-state index < -0.39 is 0 Å². The summed E-state index contributed by atoms with van der Waals surface area (Å²) in [4.78, 5) is 38.7. The summed E-state index contributed by atoms with van der Waals surface area (Å²) in [6.07, 6.45) is 5.13. The van der Waals surface area contributed by atoms with Crippen molar-refractivity contribution in [3.05, 3.63) is 53.1 Å². The molecule has 2 aromatic rings. The number of amides is 3. The first-order valence-electron chi connectivity index (χ1n) is 11.1. The van der Waals surface area contributed by atoms with E-state index in [0.717, 1.165) is 31.2 Å². The molecule has 1 N–H and O–H groups in total. The van der Waals surface area contributed by atoms with Crippen molar-refractivity contribution in [2.75, 3.05) is 19.0 Å². The SMILES string of the molecule is COc1ccc(NC(=O)CCCN2C(=O)c3ccc(C)cc3C2=O)cc1OC1CCCC1. The first-order valence-corrected chi connectivity index (χ1v) is 11.1. The first-order chi connectivity index (χ1) is 15.5. The van der Waals surface area contributed by atoms with Crippen LogP contribution in [0.2, 0.25) is 0 Å². The van der Waals surface area contributed by atoms with Crippen molar-refractivity contribution in [3.8, 4) is 11.5 Å². The van der Waals surface area contributed by atoms with Gasteiger partial charge in [-0.1, -0.05) is 11.6 Å². The first kappa shape index (κ1) is 21.9. The van der Waals surface area contributed by atoms with E-state index in [2.05, 4.69) is 5.32 Å². The zero-order valence-corrected chi connectivity index (χ0v) is 18.5. The summed E-state index contributed by atoms with van der Waals surface area (Å²) in [6, 6.07) is 10.6. The van der Waals surface area contributed by atoms with E-state index in [4.69, 9.17) is 9.47 Å². The molecular weight excluding hydrogens is 408 g/mol. The van der Waals surface area contributed by atoms with Crippen LogP contribution in [-0.2, 0) is 4.79 Å². The number of anilines is 1.